The Morgan fingerprint density at radius 1 is 1.42 bits per heavy atom. The molecule has 130 valence electrons. The highest BCUT2D eigenvalue weighted by molar-refractivity contribution is 6.36. The highest BCUT2D eigenvalue weighted by atomic mass is 35.5. The number of nitrogens with two attached hydrogens (primary N) is 1. The van der Waals surface area contributed by atoms with Crippen LogP contribution in [0.2, 0.25) is 10.0 Å². The molecule has 0 aliphatic carbocycles. The second-order valence-corrected chi connectivity index (χ2v) is 6.04. The standard InChI is InChI=1S/C15H19Cl2N5O2/c1-2-5-22(8-13-20-15(7-18)24-21-13)9-14(23)19-12-4-3-10(16)6-11(12)17/h3-4,6H,2,5,7-9,18H2,1H3,(H,19,23). The predicted molar refractivity (Wildman–Crippen MR) is 92.8 cm³/mol. The summed E-state index contributed by atoms with van der Waals surface area (Å²) >= 11 is 11.9. The molecule has 3 N–H and O–H groups in total. The molecule has 0 bridgehead atoms. The fourth-order valence-corrected chi connectivity index (χ4v) is 2.61. The van der Waals surface area contributed by atoms with Gasteiger partial charge in [-0.05, 0) is 31.2 Å². The average molecular weight is 372 g/mol. The Morgan fingerprint density at radius 2 is 2.21 bits per heavy atom. The first-order chi connectivity index (χ1) is 11.5. The summed E-state index contributed by atoms with van der Waals surface area (Å²) < 4.78 is 4.98. The van der Waals surface area contributed by atoms with E-state index in [9.17, 15) is 4.79 Å². The van der Waals surface area contributed by atoms with E-state index in [0.29, 0.717) is 40.5 Å². The van der Waals surface area contributed by atoms with E-state index < -0.39 is 0 Å². The zero-order chi connectivity index (χ0) is 17.5. The largest absolute Gasteiger partial charge is 0.338 e. The Morgan fingerprint density at radius 3 is 2.83 bits per heavy atom. The van der Waals surface area contributed by atoms with Crippen molar-refractivity contribution in [3.8, 4) is 0 Å². The molecule has 0 saturated heterocycles. The van der Waals surface area contributed by atoms with Crippen LogP contribution < -0.4 is 11.1 Å². The van der Waals surface area contributed by atoms with Gasteiger partial charge in [0.15, 0.2) is 5.82 Å². The number of hydrogen-bond donors (Lipinski definition) is 2. The van der Waals surface area contributed by atoms with Gasteiger partial charge < -0.3 is 15.6 Å². The van der Waals surface area contributed by atoms with Crippen molar-refractivity contribution in [3.63, 3.8) is 0 Å². The molecule has 2 aromatic rings. The van der Waals surface area contributed by atoms with Gasteiger partial charge >= 0.3 is 0 Å². The predicted octanol–water partition coefficient (Wildman–Crippen LogP) is 2.69. The molecule has 2 rings (SSSR count). The first-order valence-electron chi connectivity index (χ1n) is 7.50. The van der Waals surface area contributed by atoms with Gasteiger partial charge in [-0.2, -0.15) is 4.98 Å². The van der Waals surface area contributed by atoms with Gasteiger partial charge in [0.05, 0.1) is 30.3 Å². The summed E-state index contributed by atoms with van der Waals surface area (Å²) in [5.74, 6) is 0.690. The number of amides is 1. The summed E-state index contributed by atoms with van der Waals surface area (Å²) in [5, 5.41) is 7.53. The molecular weight excluding hydrogens is 353 g/mol. The molecule has 0 fully saturated rings. The molecule has 0 radical (unpaired) electrons. The van der Waals surface area contributed by atoms with E-state index in [4.69, 9.17) is 33.5 Å². The molecule has 0 aliphatic rings. The van der Waals surface area contributed by atoms with E-state index >= 15 is 0 Å². The lowest BCUT2D eigenvalue weighted by molar-refractivity contribution is -0.117. The van der Waals surface area contributed by atoms with E-state index in [1.54, 1.807) is 18.2 Å². The molecule has 1 aromatic carbocycles. The van der Waals surface area contributed by atoms with Crippen molar-refractivity contribution >= 4 is 34.8 Å². The lowest BCUT2D eigenvalue weighted by atomic mass is 10.3. The Kier molecular flexibility index (Phi) is 6.99. The maximum Gasteiger partial charge on any atom is 0.240 e. The molecule has 1 heterocycles. The van der Waals surface area contributed by atoms with Crippen molar-refractivity contribution < 1.29 is 9.32 Å². The second kappa shape index (κ2) is 8.98. The summed E-state index contributed by atoms with van der Waals surface area (Å²) in [4.78, 5) is 18.3. The van der Waals surface area contributed by atoms with Crippen LogP contribution in [-0.2, 0) is 17.9 Å². The maximum absolute atomic E-state index is 12.3. The number of hydrogen-bond acceptors (Lipinski definition) is 6. The molecule has 0 aliphatic heterocycles. The highest BCUT2D eigenvalue weighted by Crippen LogP contribution is 2.25. The number of benzene rings is 1. The number of rotatable bonds is 8. The normalized spacial score (nSPS) is 11.0. The molecule has 1 amide bonds. The molecule has 1 aromatic heterocycles. The Bertz CT molecular complexity index is 692. The van der Waals surface area contributed by atoms with Crippen LogP contribution in [0.15, 0.2) is 22.7 Å². The summed E-state index contributed by atoms with van der Waals surface area (Å²) in [5.41, 5.74) is 5.97. The third-order valence-electron chi connectivity index (χ3n) is 3.16. The third-order valence-corrected chi connectivity index (χ3v) is 3.71. The van der Waals surface area contributed by atoms with Crippen LogP contribution >= 0.6 is 23.2 Å². The molecule has 0 atom stereocenters. The van der Waals surface area contributed by atoms with E-state index in [-0.39, 0.29) is 19.0 Å². The van der Waals surface area contributed by atoms with Crippen molar-refractivity contribution in [2.45, 2.75) is 26.4 Å². The Hall–Kier alpha value is -1.67. The van der Waals surface area contributed by atoms with Crippen LogP contribution in [0, 0.1) is 0 Å². The van der Waals surface area contributed by atoms with Crippen molar-refractivity contribution in [2.75, 3.05) is 18.4 Å². The van der Waals surface area contributed by atoms with E-state index in [2.05, 4.69) is 15.5 Å². The molecule has 7 nitrogen and oxygen atoms in total. The van der Waals surface area contributed by atoms with Crippen LogP contribution in [0.4, 0.5) is 5.69 Å². The van der Waals surface area contributed by atoms with Crippen LogP contribution in [0.5, 0.6) is 0 Å². The summed E-state index contributed by atoms with van der Waals surface area (Å²) in [6.07, 6.45) is 0.885. The third kappa shape index (κ3) is 5.45. The molecular formula is C15H19Cl2N5O2. The van der Waals surface area contributed by atoms with Gasteiger partial charge in [0.25, 0.3) is 0 Å². The van der Waals surface area contributed by atoms with Crippen LogP contribution in [0.25, 0.3) is 0 Å². The molecule has 0 saturated carbocycles. The second-order valence-electron chi connectivity index (χ2n) is 5.19. The minimum atomic E-state index is -0.185. The maximum atomic E-state index is 12.3. The summed E-state index contributed by atoms with van der Waals surface area (Å²) in [6, 6.07) is 4.91. The Labute approximate surface area is 150 Å². The van der Waals surface area contributed by atoms with Gasteiger partial charge in [-0.1, -0.05) is 35.3 Å². The average Bonchev–Trinajstić information content (AvgIpc) is 2.98. The van der Waals surface area contributed by atoms with Crippen molar-refractivity contribution in [2.24, 2.45) is 5.73 Å². The van der Waals surface area contributed by atoms with Crippen molar-refractivity contribution in [3.05, 3.63) is 40.0 Å². The quantitative estimate of drug-likeness (QED) is 0.740. The first-order valence-corrected chi connectivity index (χ1v) is 8.26. The monoisotopic (exact) mass is 371 g/mol. The van der Waals surface area contributed by atoms with Gasteiger partial charge in [-0.3, -0.25) is 9.69 Å². The lowest BCUT2D eigenvalue weighted by Gasteiger charge is -2.19. The van der Waals surface area contributed by atoms with Gasteiger partial charge in [-0.15, -0.1) is 0 Å². The topological polar surface area (TPSA) is 97.3 Å². The first kappa shape index (κ1) is 18.7. The molecule has 0 unspecified atom stereocenters. The highest BCUT2D eigenvalue weighted by Gasteiger charge is 2.15. The minimum Gasteiger partial charge on any atom is -0.338 e. The zero-order valence-corrected chi connectivity index (χ0v) is 14.8. The number of nitrogens with one attached hydrogen (secondary N) is 1. The van der Waals surface area contributed by atoms with Gasteiger partial charge in [0.1, 0.15) is 0 Å². The smallest absolute Gasteiger partial charge is 0.240 e. The molecule has 9 heteroatoms. The number of aromatic nitrogens is 2. The van der Waals surface area contributed by atoms with Crippen molar-refractivity contribution in [1.29, 1.82) is 0 Å². The SMILES string of the molecule is CCCN(CC(=O)Nc1ccc(Cl)cc1Cl)Cc1noc(CN)n1. The number of halogens is 2. The van der Waals surface area contributed by atoms with Gasteiger partial charge in [0, 0.05) is 5.02 Å². The number of carbonyl (C=O) groups is 1. The molecule has 0 spiro atoms. The number of anilines is 1. The van der Waals surface area contributed by atoms with E-state index in [1.807, 2.05) is 11.8 Å². The number of nitrogens with zero attached hydrogens (tertiary/aromatic N) is 3. The minimum absolute atomic E-state index is 0.180. The van der Waals surface area contributed by atoms with Gasteiger partial charge in [0.2, 0.25) is 11.8 Å². The van der Waals surface area contributed by atoms with E-state index in [0.717, 1.165) is 6.42 Å². The summed E-state index contributed by atoms with van der Waals surface area (Å²) in [7, 11) is 0. The lowest BCUT2D eigenvalue weighted by Crippen LogP contribution is -2.33. The van der Waals surface area contributed by atoms with Crippen LogP contribution in [0.3, 0.4) is 0 Å². The van der Waals surface area contributed by atoms with Crippen LogP contribution in [-0.4, -0.2) is 34.0 Å². The molecule has 24 heavy (non-hydrogen) atoms. The fourth-order valence-electron chi connectivity index (χ4n) is 2.15. The fraction of sp³-hybridized carbons (Fsp3) is 0.400. The van der Waals surface area contributed by atoms with Gasteiger partial charge in [-0.25, -0.2) is 0 Å². The Balaban J connectivity index is 1.97. The zero-order valence-electron chi connectivity index (χ0n) is 13.3. The van der Waals surface area contributed by atoms with E-state index in [1.165, 1.54) is 0 Å². The summed E-state index contributed by atoms with van der Waals surface area (Å²) in [6.45, 7) is 3.52. The number of carbonyl (C=O) groups excluding carboxylic acids is 1. The van der Waals surface area contributed by atoms with Crippen molar-refractivity contribution in [1.82, 2.24) is 15.0 Å². The van der Waals surface area contributed by atoms with Crippen LogP contribution in [0.1, 0.15) is 25.1 Å².